The Hall–Kier alpha value is -3.32. The third-order valence-electron chi connectivity index (χ3n) is 3.93. The zero-order valence-electron chi connectivity index (χ0n) is 15.6. The molecule has 0 fully saturated rings. The first-order chi connectivity index (χ1) is 13.5. The smallest absolute Gasteiger partial charge is 0.255 e. The minimum Gasteiger partial charge on any atom is -0.497 e. The third kappa shape index (κ3) is 4.69. The standard InChI is InChI=1S/C20H19ClN4O3/c1-12-17(4-5-18(23-12)25-19-10-14(21)6-7-22-19)24-20(26)13-8-15(27-2)11-16(9-13)28-3/h4-11H,1-3H3,(H,24,26)(H,22,23,25). The lowest BCUT2D eigenvalue weighted by atomic mass is 10.1. The number of ether oxygens (including phenoxy) is 2. The van der Waals surface area contributed by atoms with Crippen LogP contribution in [-0.2, 0) is 0 Å². The van der Waals surface area contributed by atoms with Gasteiger partial charge in [-0.2, -0.15) is 0 Å². The maximum Gasteiger partial charge on any atom is 0.255 e. The van der Waals surface area contributed by atoms with Gasteiger partial charge in [-0.25, -0.2) is 9.97 Å². The lowest BCUT2D eigenvalue weighted by molar-refractivity contribution is 0.102. The van der Waals surface area contributed by atoms with E-state index in [0.29, 0.717) is 45.1 Å². The number of nitrogens with one attached hydrogen (secondary N) is 2. The molecule has 2 N–H and O–H groups in total. The van der Waals surface area contributed by atoms with Gasteiger partial charge in [0.15, 0.2) is 0 Å². The molecule has 2 heterocycles. The average molecular weight is 399 g/mol. The second-order valence-electron chi connectivity index (χ2n) is 5.87. The van der Waals surface area contributed by atoms with Gasteiger partial charge in [0.1, 0.15) is 23.1 Å². The fraction of sp³-hybridized carbons (Fsp3) is 0.150. The molecule has 2 aromatic heterocycles. The predicted molar refractivity (Wildman–Crippen MR) is 109 cm³/mol. The highest BCUT2D eigenvalue weighted by Crippen LogP contribution is 2.24. The molecular weight excluding hydrogens is 380 g/mol. The highest BCUT2D eigenvalue weighted by atomic mass is 35.5. The Bertz CT molecular complexity index is 988. The monoisotopic (exact) mass is 398 g/mol. The summed E-state index contributed by atoms with van der Waals surface area (Å²) in [5.74, 6) is 1.95. The van der Waals surface area contributed by atoms with Crippen LogP contribution in [0.5, 0.6) is 11.5 Å². The molecular formula is C20H19ClN4O3. The van der Waals surface area contributed by atoms with Crippen molar-refractivity contribution in [1.29, 1.82) is 0 Å². The molecule has 1 aromatic carbocycles. The number of aromatic nitrogens is 2. The summed E-state index contributed by atoms with van der Waals surface area (Å²) in [5.41, 5.74) is 1.66. The van der Waals surface area contributed by atoms with Gasteiger partial charge in [-0.1, -0.05) is 11.6 Å². The maximum absolute atomic E-state index is 12.6. The van der Waals surface area contributed by atoms with Crippen molar-refractivity contribution in [3.63, 3.8) is 0 Å². The van der Waals surface area contributed by atoms with E-state index in [0.717, 1.165) is 0 Å². The van der Waals surface area contributed by atoms with E-state index in [1.807, 2.05) is 0 Å². The van der Waals surface area contributed by atoms with Crippen LogP contribution in [0.4, 0.5) is 17.3 Å². The van der Waals surface area contributed by atoms with Crippen LogP contribution in [0.2, 0.25) is 5.02 Å². The zero-order valence-corrected chi connectivity index (χ0v) is 16.4. The molecule has 0 unspecified atom stereocenters. The molecule has 0 atom stereocenters. The van der Waals surface area contributed by atoms with Gasteiger partial charge in [0.05, 0.1) is 25.6 Å². The molecule has 28 heavy (non-hydrogen) atoms. The lowest BCUT2D eigenvalue weighted by Crippen LogP contribution is -2.14. The van der Waals surface area contributed by atoms with E-state index in [9.17, 15) is 4.79 Å². The van der Waals surface area contributed by atoms with Gasteiger partial charge in [0.2, 0.25) is 0 Å². The van der Waals surface area contributed by atoms with Crippen LogP contribution >= 0.6 is 11.6 Å². The number of anilines is 3. The van der Waals surface area contributed by atoms with Crippen LogP contribution < -0.4 is 20.1 Å². The van der Waals surface area contributed by atoms with Crippen molar-refractivity contribution in [2.24, 2.45) is 0 Å². The van der Waals surface area contributed by atoms with Crippen LogP contribution in [0.1, 0.15) is 16.1 Å². The van der Waals surface area contributed by atoms with Crippen molar-refractivity contribution in [3.8, 4) is 11.5 Å². The maximum atomic E-state index is 12.6. The van der Waals surface area contributed by atoms with E-state index in [-0.39, 0.29) is 5.91 Å². The summed E-state index contributed by atoms with van der Waals surface area (Å²) < 4.78 is 10.4. The highest BCUT2D eigenvalue weighted by molar-refractivity contribution is 6.30. The number of halogens is 1. The first-order valence-electron chi connectivity index (χ1n) is 8.39. The molecule has 0 aliphatic carbocycles. The van der Waals surface area contributed by atoms with Crippen molar-refractivity contribution < 1.29 is 14.3 Å². The number of benzene rings is 1. The van der Waals surface area contributed by atoms with Gasteiger partial charge in [-0.05, 0) is 43.3 Å². The normalized spacial score (nSPS) is 10.3. The number of hydrogen-bond acceptors (Lipinski definition) is 6. The Morgan fingerprint density at radius 1 is 1.00 bits per heavy atom. The van der Waals surface area contributed by atoms with Crippen LogP contribution in [0, 0.1) is 6.92 Å². The number of methoxy groups -OCH3 is 2. The van der Waals surface area contributed by atoms with Crippen LogP contribution in [0.15, 0.2) is 48.7 Å². The summed E-state index contributed by atoms with van der Waals surface area (Å²) in [5, 5.41) is 6.50. The van der Waals surface area contributed by atoms with Crippen LogP contribution in [-0.4, -0.2) is 30.1 Å². The van der Waals surface area contributed by atoms with E-state index in [2.05, 4.69) is 20.6 Å². The molecule has 0 saturated carbocycles. The Labute approximate surface area is 167 Å². The fourth-order valence-electron chi connectivity index (χ4n) is 2.50. The second-order valence-corrected chi connectivity index (χ2v) is 6.31. The number of rotatable bonds is 6. The van der Waals surface area contributed by atoms with Crippen LogP contribution in [0.3, 0.4) is 0 Å². The van der Waals surface area contributed by atoms with Gasteiger partial charge in [0.25, 0.3) is 5.91 Å². The van der Waals surface area contributed by atoms with Gasteiger partial charge in [0, 0.05) is 22.8 Å². The first kappa shape index (κ1) is 19.4. The quantitative estimate of drug-likeness (QED) is 0.638. The summed E-state index contributed by atoms with van der Waals surface area (Å²) in [6.07, 6.45) is 1.61. The fourth-order valence-corrected chi connectivity index (χ4v) is 2.66. The number of hydrogen-bond donors (Lipinski definition) is 2. The van der Waals surface area contributed by atoms with Crippen molar-refractivity contribution in [1.82, 2.24) is 9.97 Å². The second kappa shape index (κ2) is 8.58. The SMILES string of the molecule is COc1cc(OC)cc(C(=O)Nc2ccc(Nc3cc(Cl)ccn3)nc2C)c1. The average Bonchev–Trinajstić information content (AvgIpc) is 2.69. The Balaban J connectivity index is 1.77. The van der Waals surface area contributed by atoms with E-state index >= 15 is 0 Å². The van der Waals surface area contributed by atoms with Gasteiger partial charge < -0.3 is 20.1 Å². The minimum atomic E-state index is -0.292. The van der Waals surface area contributed by atoms with Crippen LogP contribution in [0.25, 0.3) is 0 Å². The summed E-state index contributed by atoms with van der Waals surface area (Å²) in [7, 11) is 3.07. The highest BCUT2D eigenvalue weighted by Gasteiger charge is 2.12. The molecule has 0 radical (unpaired) electrons. The number of carbonyl (C=O) groups is 1. The largest absolute Gasteiger partial charge is 0.497 e. The van der Waals surface area contributed by atoms with E-state index in [4.69, 9.17) is 21.1 Å². The molecule has 0 aliphatic rings. The van der Waals surface area contributed by atoms with Crippen molar-refractivity contribution in [2.45, 2.75) is 6.92 Å². The number of pyridine rings is 2. The van der Waals surface area contributed by atoms with Gasteiger partial charge >= 0.3 is 0 Å². The molecule has 0 bridgehead atoms. The number of amides is 1. The molecule has 3 aromatic rings. The molecule has 0 aliphatic heterocycles. The summed E-state index contributed by atoms with van der Waals surface area (Å²) in [6, 6.07) is 11.9. The molecule has 3 rings (SSSR count). The number of carbonyl (C=O) groups excluding carboxylic acids is 1. The molecule has 7 nitrogen and oxygen atoms in total. The molecule has 0 saturated heterocycles. The summed E-state index contributed by atoms with van der Waals surface area (Å²) in [4.78, 5) is 21.3. The minimum absolute atomic E-state index is 0.292. The van der Waals surface area contributed by atoms with Crippen molar-refractivity contribution in [3.05, 3.63) is 64.9 Å². The van der Waals surface area contributed by atoms with Crippen molar-refractivity contribution in [2.75, 3.05) is 24.9 Å². The van der Waals surface area contributed by atoms with Gasteiger partial charge in [-0.3, -0.25) is 4.79 Å². The molecule has 0 spiro atoms. The Morgan fingerprint density at radius 2 is 1.71 bits per heavy atom. The molecule has 8 heteroatoms. The first-order valence-corrected chi connectivity index (χ1v) is 8.77. The van der Waals surface area contributed by atoms with Crippen molar-refractivity contribution >= 4 is 34.8 Å². The topological polar surface area (TPSA) is 85.4 Å². The zero-order chi connectivity index (χ0) is 20.1. The number of nitrogens with zero attached hydrogens (tertiary/aromatic N) is 2. The van der Waals surface area contributed by atoms with Gasteiger partial charge in [-0.15, -0.1) is 0 Å². The Kier molecular flexibility index (Phi) is 5.96. The molecule has 1 amide bonds. The predicted octanol–water partition coefficient (Wildman–Crippen LogP) is 4.45. The van der Waals surface area contributed by atoms with E-state index in [1.165, 1.54) is 14.2 Å². The third-order valence-corrected chi connectivity index (χ3v) is 4.16. The molecule has 144 valence electrons. The lowest BCUT2D eigenvalue weighted by Gasteiger charge is -2.12. The summed E-state index contributed by atoms with van der Waals surface area (Å²) in [6.45, 7) is 1.80. The summed E-state index contributed by atoms with van der Waals surface area (Å²) >= 11 is 5.96. The van der Waals surface area contributed by atoms with E-state index < -0.39 is 0 Å². The van der Waals surface area contributed by atoms with E-state index in [1.54, 1.807) is 55.6 Å². The number of aryl methyl sites for hydroxylation is 1. The Morgan fingerprint density at radius 3 is 2.32 bits per heavy atom.